The average molecular weight is 494 g/mol. The third-order valence-electron chi connectivity index (χ3n) is 5.30. The van der Waals surface area contributed by atoms with Gasteiger partial charge >= 0.3 is 5.97 Å². The number of rotatable bonds is 3. The SMILES string of the molecule is CC(C)(C)OC(=O)C1=C(N)n2c(sc(=Cc3ccccc3F)c2=O)=C(C#N)C1c1ccccc1F. The van der Waals surface area contributed by atoms with Gasteiger partial charge in [0.05, 0.1) is 27.7 Å². The highest BCUT2D eigenvalue weighted by atomic mass is 32.1. The highest BCUT2D eigenvalue weighted by molar-refractivity contribution is 7.07. The van der Waals surface area contributed by atoms with Gasteiger partial charge in [0.2, 0.25) is 0 Å². The Morgan fingerprint density at radius 3 is 2.37 bits per heavy atom. The van der Waals surface area contributed by atoms with Crippen LogP contribution in [-0.2, 0) is 9.53 Å². The molecule has 0 bridgehead atoms. The zero-order valence-electron chi connectivity index (χ0n) is 19.1. The topological polar surface area (TPSA) is 98.1 Å². The van der Waals surface area contributed by atoms with Crippen LogP contribution >= 0.6 is 11.3 Å². The number of hydrogen-bond donors (Lipinski definition) is 1. The summed E-state index contributed by atoms with van der Waals surface area (Å²) in [5, 5.41) is 10.1. The largest absolute Gasteiger partial charge is 0.456 e. The van der Waals surface area contributed by atoms with Gasteiger partial charge in [-0.05, 0) is 39.0 Å². The van der Waals surface area contributed by atoms with E-state index >= 15 is 0 Å². The number of fused-ring (bicyclic) bond motifs is 1. The average Bonchev–Trinajstić information content (AvgIpc) is 3.10. The van der Waals surface area contributed by atoms with Crippen LogP contribution in [0, 0.1) is 23.0 Å². The molecular formula is C26H21F2N3O3S. The molecule has 4 rings (SSSR count). The van der Waals surface area contributed by atoms with Gasteiger partial charge in [0.1, 0.15) is 27.7 Å². The first-order chi connectivity index (χ1) is 16.5. The third-order valence-corrected chi connectivity index (χ3v) is 6.40. The fourth-order valence-electron chi connectivity index (χ4n) is 3.84. The molecule has 2 heterocycles. The highest BCUT2D eigenvalue weighted by Gasteiger charge is 2.39. The highest BCUT2D eigenvalue weighted by Crippen LogP contribution is 2.38. The van der Waals surface area contributed by atoms with Crippen molar-refractivity contribution < 1.29 is 18.3 Å². The van der Waals surface area contributed by atoms with Crippen LogP contribution < -0.4 is 20.5 Å². The van der Waals surface area contributed by atoms with Crippen LogP contribution in [0.1, 0.15) is 37.8 Å². The Kier molecular flexibility index (Phi) is 6.17. The van der Waals surface area contributed by atoms with Gasteiger partial charge < -0.3 is 10.5 Å². The number of carbonyl (C=O) groups is 1. The van der Waals surface area contributed by atoms with Crippen molar-refractivity contribution in [1.29, 1.82) is 5.26 Å². The summed E-state index contributed by atoms with van der Waals surface area (Å²) in [6.45, 7) is 4.96. The van der Waals surface area contributed by atoms with Gasteiger partial charge in [0, 0.05) is 11.1 Å². The van der Waals surface area contributed by atoms with E-state index in [1.807, 2.05) is 6.07 Å². The monoisotopic (exact) mass is 493 g/mol. The lowest BCUT2D eigenvalue weighted by atomic mass is 9.83. The minimum absolute atomic E-state index is 0.0413. The number of thiazole rings is 1. The summed E-state index contributed by atoms with van der Waals surface area (Å²) in [6.07, 6.45) is 1.35. The van der Waals surface area contributed by atoms with E-state index in [-0.39, 0.29) is 37.3 Å². The quantitative estimate of drug-likeness (QED) is 0.566. The lowest BCUT2D eigenvalue weighted by molar-refractivity contribution is -0.150. The molecule has 0 radical (unpaired) electrons. The predicted molar refractivity (Wildman–Crippen MR) is 129 cm³/mol. The summed E-state index contributed by atoms with van der Waals surface area (Å²) in [6, 6.07) is 13.6. The van der Waals surface area contributed by atoms with Gasteiger partial charge in [-0.25, -0.2) is 13.6 Å². The van der Waals surface area contributed by atoms with E-state index in [1.54, 1.807) is 32.9 Å². The van der Waals surface area contributed by atoms with Crippen molar-refractivity contribution >= 4 is 34.8 Å². The molecule has 0 aliphatic carbocycles. The smallest absolute Gasteiger partial charge is 0.339 e. The van der Waals surface area contributed by atoms with Crippen molar-refractivity contribution in [3.8, 4) is 6.07 Å². The van der Waals surface area contributed by atoms with E-state index in [4.69, 9.17) is 10.5 Å². The van der Waals surface area contributed by atoms with Gasteiger partial charge in [-0.2, -0.15) is 5.26 Å². The lowest BCUT2D eigenvalue weighted by Crippen LogP contribution is -2.41. The van der Waals surface area contributed by atoms with Crippen molar-refractivity contribution in [2.45, 2.75) is 32.3 Å². The maximum absolute atomic E-state index is 14.9. The van der Waals surface area contributed by atoms with Crippen LogP contribution in [0.15, 0.2) is 58.9 Å². The second-order valence-electron chi connectivity index (χ2n) is 8.86. The van der Waals surface area contributed by atoms with E-state index < -0.39 is 34.7 Å². The molecule has 1 atom stereocenters. The summed E-state index contributed by atoms with van der Waals surface area (Å²) < 4.78 is 35.9. The fraction of sp³-hybridized carbons (Fsp3) is 0.192. The molecule has 0 saturated carbocycles. The summed E-state index contributed by atoms with van der Waals surface area (Å²) in [7, 11) is 0. The first-order valence-electron chi connectivity index (χ1n) is 10.6. The van der Waals surface area contributed by atoms with E-state index in [0.29, 0.717) is 0 Å². The lowest BCUT2D eigenvalue weighted by Gasteiger charge is -2.28. The molecular weight excluding hydrogens is 472 g/mol. The third kappa shape index (κ3) is 4.40. The molecule has 35 heavy (non-hydrogen) atoms. The van der Waals surface area contributed by atoms with Crippen molar-refractivity contribution in [2.24, 2.45) is 5.73 Å². The Hall–Kier alpha value is -4.03. The molecule has 1 aliphatic rings. The number of carbonyl (C=O) groups excluding carboxylic acids is 1. The molecule has 6 nitrogen and oxygen atoms in total. The Bertz CT molecular complexity index is 1600. The molecule has 0 saturated heterocycles. The van der Waals surface area contributed by atoms with Crippen LogP contribution in [-0.4, -0.2) is 16.1 Å². The number of esters is 1. The molecule has 2 N–H and O–H groups in total. The van der Waals surface area contributed by atoms with Gasteiger partial charge in [0.15, 0.2) is 0 Å². The number of nitrogens with two attached hydrogens (primary N) is 1. The van der Waals surface area contributed by atoms with Crippen LogP contribution in [0.4, 0.5) is 8.78 Å². The first-order valence-corrected chi connectivity index (χ1v) is 11.5. The first kappa shape index (κ1) is 24.1. The summed E-state index contributed by atoms with van der Waals surface area (Å²) in [5.41, 5.74) is 4.76. The number of ether oxygens (including phenoxy) is 1. The molecule has 1 aliphatic heterocycles. The number of nitriles is 1. The number of nitrogens with zero attached hydrogens (tertiary/aromatic N) is 2. The summed E-state index contributed by atoms with van der Waals surface area (Å²) >= 11 is 0.913. The normalized spacial score (nSPS) is 16.2. The predicted octanol–water partition coefficient (Wildman–Crippen LogP) is 2.96. The molecule has 0 amide bonds. The number of halogens is 2. The van der Waals surface area contributed by atoms with Crippen LogP contribution in [0.25, 0.3) is 17.5 Å². The molecule has 9 heteroatoms. The molecule has 3 aromatic rings. The maximum atomic E-state index is 14.9. The molecule has 0 spiro atoms. The van der Waals surface area contributed by atoms with Gasteiger partial charge in [0.25, 0.3) is 5.56 Å². The van der Waals surface area contributed by atoms with Gasteiger partial charge in [-0.3, -0.25) is 9.36 Å². The number of hydrogen-bond acceptors (Lipinski definition) is 6. The summed E-state index contributed by atoms with van der Waals surface area (Å²) in [4.78, 5) is 26.6. The molecule has 1 unspecified atom stereocenters. The van der Waals surface area contributed by atoms with E-state index in [0.717, 1.165) is 15.9 Å². The van der Waals surface area contributed by atoms with Crippen molar-refractivity contribution in [2.75, 3.05) is 0 Å². The van der Waals surface area contributed by atoms with Gasteiger partial charge in [-0.15, -0.1) is 11.3 Å². The molecule has 1 aromatic heterocycles. The number of aromatic nitrogens is 1. The Balaban J connectivity index is 2.09. The molecule has 178 valence electrons. The second kappa shape index (κ2) is 8.96. The summed E-state index contributed by atoms with van der Waals surface area (Å²) in [5.74, 6) is -3.52. The van der Waals surface area contributed by atoms with Crippen LogP contribution in [0.2, 0.25) is 0 Å². The van der Waals surface area contributed by atoms with E-state index in [1.165, 1.54) is 42.5 Å². The van der Waals surface area contributed by atoms with E-state index in [9.17, 15) is 23.6 Å². The van der Waals surface area contributed by atoms with Crippen LogP contribution in [0.5, 0.6) is 0 Å². The van der Waals surface area contributed by atoms with Crippen molar-refractivity contribution in [3.05, 3.63) is 96.4 Å². The Morgan fingerprint density at radius 2 is 1.77 bits per heavy atom. The Labute approximate surface area is 203 Å². The Morgan fingerprint density at radius 1 is 1.14 bits per heavy atom. The standard InChI is InChI=1S/C26H21F2N3O3S/c1-26(2,3)34-25(33)21-20(15-9-5-7-11-18(15)28)16(13-29)24-31(22(21)30)23(32)19(35-24)12-14-8-4-6-10-17(14)27/h4-12,20H,30H2,1-3H3. The van der Waals surface area contributed by atoms with Gasteiger partial charge in [-0.1, -0.05) is 36.4 Å². The second-order valence-corrected chi connectivity index (χ2v) is 9.89. The maximum Gasteiger partial charge on any atom is 0.339 e. The van der Waals surface area contributed by atoms with Crippen molar-refractivity contribution in [3.63, 3.8) is 0 Å². The minimum atomic E-state index is -1.20. The minimum Gasteiger partial charge on any atom is -0.456 e. The zero-order valence-corrected chi connectivity index (χ0v) is 20.0. The molecule has 2 aromatic carbocycles. The fourth-order valence-corrected chi connectivity index (χ4v) is 4.96. The zero-order chi connectivity index (χ0) is 25.5. The van der Waals surface area contributed by atoms with Crippen molar-refractivity contribution in [1.82, 2.24) is 4.57 Å². The molecule has 0 fully saturated rings. The van der Waals surface area contributed by atoms with Crippen LogP contribution in [0.3, 0.4) is 0 Å². The van der Waals surface area contributed by atoms with E-state index in [2.05, 4.69) is 0 Å². The number of benzene rings is 2.